The lowest BCUT2D eigenvalue weighted by Gasteiger charge is -2.35. The summed E-state index contributed by atoms with van der Waals surface area (Å²) in [5, 5.41) is 11.7. The largest absolute Gasteiger partial charge is 0.490 e. The van der Waals surface area contributed by atoms with Crippen molar-refractivity contribution < 1.29 is 9.84 Å². The van der Waals surface area contributed by atoms with Gasteiger partial charge in [-0.1, -0.05) is 35.4 Å². The number of fused-ring (bicyclic) bond motifs is 1. The van der Waals surface area contributed by atoms with Gasteiger partial charge in [-0.2, -0.15) is 0 Å². The van der Waals surface area contributed by atoms with Gasteiger partial charge in [0.15, 0.2) is 0 Å². The van der Waals surface area contributed by atoms with Crippen LogP contribution in [0.2, 0.25) is 10.0 Å². The SMILES string of the molecule is O[C@H](CN1CCC(Oc2ccc(Cl)c(Cl)c2)CC1)CN1CC=Cc2cccnc21. The molecule has 3 heterocycles. The van der Waals surface area contributed by atoms with Crippen LogP contribution in [-0.4, -0.2) is 59.9 Å². The number of rotatable bonds is 6. The smallest absolute Gasteiger partial charge is 0.136 e. The summed E-state index contributed by atoms with van der Waals surface area (Å²) in [4.78, 5) is 8.92. The zero-order valence-electron chi connectivity index (χ0n) is 16.2. The van der Waals surface area contributed by atoms with E-state index in [1.54, 1.807) is 18.3 Å². The van der Waals surface area contributed by atoms with Crippen molar-refractivity contribution in [3.63, 3.8) is 0 Å². The molecule has 1 aromatic carbocycles. The Bertz CT molecular complexity index is 869. The van der Waals surface area contributed by atoms with Crippen molar-refractivity contribution in [3.8, 4) is 5.75 Å². The van der Waals surface area contributed by atoms with Gasteiger partial charge in [-0.25, -0.2) is 4.98 Å². The number of hydrogen-bond donors (Lipinski definition) is 1. The molecule has 5 nitrogen and oxygen atoms in total. The van der Waals surface area contributed by atoms with Gasteiger partial charge in [0.05, 0.1) is 16.1 Å². The first-order chi connectivity index (χ1) is 14.1. The van der Waals surface area contributed by atoms with E-state index in [-0.39, 0.29) is 6.10 Å². The fourth-order valence-electron chi connectivity index (χ4n) is 3.92. The van der Waals surface area contributed by atoms with Gasteiger partial charge in [-0.15, -0.1) is 0 Å². The second-order valence-electron chi connectivity index (χ2n) is 7.57. The van der Waals surface area contributed by atoms with Gasteiger partial charge in [0.2, 0.25) is 0 Å². The minimum absolute atomic E-state index is 0.156. The lowest BCUT2D eigenvalue weighted by molar-refractivity contribution is 0.0635. The van der Waals surface area contributed by atoms with E-state index in [2.05, 4.69) is 33.0 Å². The topological polar surface area (TPSA) is 48.8 Å². The van der Waals surface area contributed by atoms with Crippen molar-refractivity contribution in [3.05, 3.63) is 58.2 Å². The molecule has 0 aliphatic carbocycles. The van der Waals surface area contributed by atoms with Gasteiger partial charge in [0.25, 0.3) is 0 Å². The molecule has 1 saturated heterocycles. The molecule has 1 atom stereocenters. The number of aliphatic hydroxyl groups is 1. The molecule has 1 aromatic heterocycles. The van der Waals surface area contributed by atoms with E-state index in [1.165, 1.54) is 0 Å². The summed E-state index contributed by atoms with van der Waals surface area (Å²) in [7, 11) is 0. The molecule has 7 heteroatoms. The highest BCUT2D eigenvalue weighted by molar-refractivity contribution is 6.42. The third-order valence-electron chi connectivity index (χ3n) is 5.37. The van der Waals surface area contributed by atoms with Gasteiger partial charge in [-0.05, 0) is 37.1 Å². The van der Waals surface area contributed by atoms with E-state index in [0.717, 1.165) is 49.6 Å². The highest BCUT2D eigenvalue weighted by Crippen LogP contribution is 2.28. The van der Waals surface area contributed by atoms with Crippen molar-refractivity contribution in [2.24, 2.45) is 0 Å². The number of piperidine rings is 1. The van der Waals surface area contributed by atoms with Crippen LogP contribution in [0.25, 0.3) is 6.08 Å². The standard InChI is InChI=1S/C22H25Cl2N3O2/c23-20-6-5-19(13-21(20)24)29-18-7-11-26(12-8-18)14-17(28)15-27-10-2-4-16-3-1-9-25-22(16)27/h1-6,9,13,17-18,28H,7-8,10-12,14-15H2/t17-/m1/s1. The number of benzene rings is 1. The Kier molecular flexibility index (Phi) is 6.60. The maximum absolute atomic E-state index is 10.6. The number of β-amino-alcohol motifs (C(OH)–C–C–N with tert-alkyl or cyclic N) is 1. The molecule has 0 unspecified atom stereocenters. The number of aliphatic hydroxyl groups excluding tert-OH is 1. The number of aromatic nitrogens is 1. The van der Waals surface area contributed by atoms with Gasteiger partial charge >= 0.3 is 0 Å². The summed E-state index contributed by atoms with van der Waals surface area (Å²) in [5.74, 6) is 1.70. The molecule has 0 saturated carbocycles. The van der Waals surface area contributed by atoms with Crippen LogP contribution >= 0.6 is 23.2 Å². The number of anilines is 1. The summed E-state index contributed by atoms with van der Waals surface area (Å²) in [6.07, 6.45) is 7.57. The average molecular weight is 434 g/mol. The van der Waals surface area contributed by atoms with E-state index in [1.807, 2.05) is 12.1 Å². The molecule has 1 N–H and O–H groups in total. The molecule has 29 heavy (non-hydrogen) atoms. The first-order valence-electron chi connectivity index (χ1n) is 9.97. The third kappa shape index (κ3) is 5.23. The summed E-state index contributed by atoms with van der Waals surface area (Å²) in [6.45, 7) is 3.81. The predicted octanol–water partition coefficient (Wildman–Crippen LogP) is 4.13. The van der Waals surface area contributed by atoms with Crippen molar-refractivity contribution >= 4 is 35.1 Å². The Hall–Kier alpha value is -1.79. The number of hydrogen-bond acceptors (Lipinski definition) is 5. The Morgan fingerprint density at radius 2 is 1.97 bits per heavy atom. The Morgan fingerprint density at radius 3 is 2.76 bits per heavy atom. The molecule has 1 fully saturated rings. The van der Waals surface area contributed by atoms with Crippen LogP contribution in [0.15, 0.2) is 42.6 Å². The predicted molar refractivity (Wildman–Crippen MR) is 118 cm³/mol. The van der Waals surface area contributed by atoms with E-state index >= 15 is 0 Å². The highest BCUT2D eigenvalue weighted by Gasteiger charge is 2.24. The maximum atomic E-state index is 10.6. The molecule has 0 spiro atoms. The van der Waals surface area contributed by atoms with Gasteiger partial charge in [0.1, 0.15) is 17.7 Å². The second-order valence-corrected chi connectivity index (χ2v) is 8.39. The van der Waals surface area contributed by atoms with Gasteiger partial charge in [0, 0.05) is 50.6 Å². The van der Waals surface area contributed by atoms with E-state index in [4.69, 9.17) is 27.9 Å². The Labute approximate surface area is 181 Å². The van der Waals surface area contributed by atoms with Crippen LogP contribution in [0.5, 0.6) is 5.75 Å². The van der Waals surface area contributed by atoms with Crippen LogP contribution < -0.4 is 9.64 Å². The number of likely N-dealkylation sites (tertiary alicyclic amines) is 1. The number of ether oxygens (including phenoxy) is 1. The zero-order chi connectivity index (χ0) is 20.2. The molecular weight excluding hydrogens is 409 g/mol. The van der Waals surface area contributed by atoms with E-state index in [9.17, 15) is 5.11 Å². The molecule has 2 aromatic rings. The normalized spacial score (nSPS) is 18.5. The minimum Gasteiger partial charge on any atom is -0.490 e. The van der Waals surface area contributed by atoms with Crippen molar-refractivity contribution in [2.75, 3.05) is 37.6 Å². The Morgan fingerprint density at radius 1 is 1.14 bits per heavy atom. The number of nitrogens with zero attached hydrogens (tertiary/aromatic N) is 3. The fourth-order valence-corrected chi connectivity index (χ4v) is 4.21. The molecule has 0 bridgehead atoms. The molecule has 2 aliphatic rings. The molecule has 0 amide bonds. The van der Waals surface area contributed by atoms with E-state index in [0.29, 0.717) is 23.1 Å². The summed E-state index contributed by atoms with van der Waals surface area (Å²) >= 11 is 12.0. The Balaban J connectivity index is 1.24. The second kappa shape index (κ2) is 9.35. The maximum Gasteiger partial charge on any atom is 0.136 e. The quantitative estimate of drug-likeness (QED) is 0.741. The molecular formula is C22H25Cl2N3O2. The fraction of sp³-hybridized carbons (Fsp3) is 0.409. The van der Waals surface area contributed by atoms with Crippen LogP contribution in [-0.2, 0) is 0 Å². The first-order valence-corrected chi connectivity index (χ1v) is 10.7. The summed E-state index contributed by atoms with van der Waals surface area (Å²) in [6, 6.07) is 9.36. The van der Waals surface area contributed by atoms with Crippen LogP contribution in [0.4, 0.5) is 5.82 Å². The third-order valence-corrected chi connectivity index (χ3v) is 6.11. The van der Waals surface area contributed by atoms with Crippen LogP contribution in [0.1, 0.15) is 18.4 Å². The summed E-state index contributed by atoms with van der Waals surface area (Å²) in [5.41, 5.74) is 1.10. The first kappa shape index (κ1) is 20.5. The molecule has 4 rings (SSSR count). The van der Waals surface area contributed by atoms with Gasteiger partial charge in [-0.3, -0.25) is 0 Å². The highest BCUT2D eigenvalue weighted by atomic mass is 35.5. The minimum atomic E-state index is -0.427. The molecule has 2 aliphatic heterocycles. The van der Waals surface area contributed by atoms with Crippen molar-refractivity contribution in [1.82, 2.24) is 9.88 Å². The van der Waals surface area contributed by atoms with E-state index < -0.39 is 6.10 Å². The zero-order valence-corrected chi connectivity index (χ0v) is 17.7. The monoisotopic (exact) mass is 433 g/mol. The average Bonchev–Trinajstić information content (AvgIpc) is 2.72. The molecule has 0 radical (unpaired) electrons. The molecule has 154 valence electrons. The lowest BCUT2D eigenvalue weighted by Crippen LogP contribution is -2.45. The van der Waals surface area contributed by atoms with Crippen LogP contribution in [0.3, 0.4) is 0 Å². The van der Waals surface area contributed by atoms with Crippen molar-refractivity contribution in [1.29, 1.82) is 0 Å². The van der Waals surface area contributed by atoms with Crippen LogP contribution in [0, 0.1) is 0 Å². The summed E-state index contributed by atoms with van der Waals surface area (Å²) < 4.78 is 6.05. The number of halogens is 2. The lowest BCUT2D eigenvalue weighted by atomic mass is 10.1. The van der Waals surface area contributed by atoms with Crippen molar-refractivity contribution in [2.45, 2.75) is 25.0 Å². The van der Waals surface area contributed by atoms with Gasteiger partial charge < -0.3 is 19.6 Å². The number of pyridine rings is 1.